The fourth-order valence-electron chi connectivity index (χ4n) is 5.39. The molecule has 0 bridgehead atoms. The maximum atomic E-state index is 14.1. The third-order valence-corrected chi connectivity index (χ3v) is 7.64. The summed E-state index contributed by atoms with van der Waals surface area (Å²) >= 11 is 3.63. The van der Waals surface area contributed by atoms with E-state index in [1.165, 1.54) is 0 Å². The Morgan fingerprint density at radius 3 is 2.58 bits per heavy atom. The molecule has 2 aliphatic rings. The number of carbonyl (C=O) groups is 1. The molecule has 0 aliphatic carbocycles. The van der Waals surface area contributed by atoms with Gasteiger partial charge in [-0.3, -0.25) is 9.69 Å². The number of fused-ring (bicyclic) bond motifs is 1. The number of benzene rings is 3. The Morgan fingerprint density at radius 1 is 1.00 bits per heavy atom. The molecule has 5 nitrogen and oxygen atoms in total. The third kappa shape index (κ3) is 3.39. The monoisotopic (exact) mass is 504 g/mol. The van der Waals surface area contributed by atoms with E-state index < -0.39 is 0 Å². The average molecular weight is 505 g/mol. The quantitative estimate of drug-likeness (QED) is 0.351. The molecule has 1 unspecified atom stereocenters. The summed E-state index contributed by atoms with van der Waals surface area (Å²) in [7, 11) is 0. The Bertz CT molecular complexity index is 1390. The van der Waals surface area contributed by atoms with Crippen LogP contribution in [-0.2, 0) is 4.74 Å². The molecule has 0 spiro atoms. The standard InChI is InChI=1S/C27H25BrN2O3/c1-17-25(27(31)21-9-10-23(28)20-6-3-2-5-19(20)21)22-7-4-8-24-26(22)30(17)18(16-33-24)15-29-11-13-32-14-12-29/h2-10,18H,11-16H2,1H3. The number of rotatable bonds is 4. The van der Waals surface area contributed by atoms with E-state index in [1.54, 1.807) is 0 Å². The van der Waals surface area contributed by atoms with E-state index in [1.807, 2.05) is 48.5 Å². The highest BCUT2D eigenvalue weighted by Gasteiger charge is 2.31. The van der Waals surface area contributed by atoms with E-state index in [-0.39, 0.29) is 11.8 Å². The Hall–Kier alpha value is -2.67. The van der Waals surface area contributed by atoms with Gasteiger partial charge in [-0.15, -0.1) is 0 Å². The third-order valence-electron chi connectivity index (χ3n) is 6.94. The summed E-state index contributed by atoms with van der Waals surface area (Å²) < 4.78 is 15.1. The van der Waals surface area contributed by atoms with Gasteiger partial charge in [0.25, 0.3) is 0 Å². The Labute approximate surface area is 201 Å². The SMILES string of the molecule is Cc1c(C(=O)c2ccc(Br)c3ccccc23)c2cccc3c2n1C(CN1CCOCC1)CO3. The molecule has 0 amide bonds. The Balaban J connectivity index is 1.50. The van der Waals surface area contributed by atoms with E-state index in [0.29, 0.717) is 6.61 Å². The van der Waals surface area contributed by atoms with Gasteiger partial charge in [0.15, 0.2) is 5.78 Å². The molecule has 3 heterocycles. The van der Waals surface area contributed by atoms with Crippen molar-refractivity contribution in [3.8, 4) is 5.75 Å². The zero-order valence-corrected chi connectivity index (χ0v) is 20.1. The van der Waals surface area contributed by atoms with Gasteiger partial charge < -0.3 is 14.0 Å². The summed E-state index contributed by atoms with van der Waals surface area (Å²) in [5.41, 5.74) is 3.54. The topological polar surface area (TPSA) is 43.7 Å². The van der Waals surface area contributed by atoms with Crippen LogP contribution in [0.3, 0.4) is 0 Å². The molecule has 1 aromatic heterocycles. The van der Waals surface area contributed by atoms with E-state index in [9.17, 15) is 4.79 Å². The van der Waals surface area contributed by atoms with Gasteiger partial charge in [-0.05, 0) is 35.9 Å². The molecule has 0 N–H and O–H groups in total. The highest BCUT2D eigenvalue weighted by Crippen LogP contribution is 2.40. The summed E-state index contributed by atoms with van der Waals surface area (Å²) in [4.78, 5) is 16.5. The number of carbonyl (C=O) groups excluding carboxylic acids is 1. The van der Waals surface area contributed by atoms with Crippen molar-refractivity contribution in [3.05, 3.63) is 75.9 Å². The molecule has 33 heavy (non-hydrogen) atoms. The van der Waals surface area contributed by atoms with E-state index >= 15 is 0 Å². The number of para-hydroxylation sites is 1. The fraction of sp³-hybridized carbons (Fsp3) is 0.296. The first-order valence-electron chi connectivity index (χ1n) is 11.4. The first kappa shape index (κ1) is 20.9. The van der Waals surface area contributed by atoms with Gasteiger partial charge in [0.2, 0.25) is 0 Å². The lowest BCUT2D eigenvalue weighted by molar-refractivity contribution is 0.0272. The van der Waals surface area contributed by atoms with Gasteiger partial charge in [0.05, 0.1) is 30.3 Å². The molecule has 2 aliphatic heterocycles. The number of nitrogens with zero attached hydrogens (tertiary/aromatic N) is 2. The highest BCUT2D eigenvalue weighted by atomic mass is 79.9. The van der Waals surface area contributed by atoms with Crippen molar-refractivity contribution in [2.45, 2.75) is 13.0 Å². The van der Waals surface area contributed by atoms with Crippen LogP contribution in [0.1, 0.15) is 27.7 Å². The number of hydrogen-bond donors (Lipinski definition) is 0. The smallest absolute Gasteiger partial charge is 0.196 e. The van der Waals surface area contributed by atoms with Crippen LogP contribution in [0.2, 0.25) is 0 Å². The van der Waals surface area contributed by atoms with Crippen LogP contribution in [-0.4, -0.2) is 54.7 Å². The minimum Gasteiger partial charge on any atom is -0.489 e. The van der Waals surface area contributed by atoms with Crippen molar-refractivity contribution in [3.63, 3.8) is 0 Å². The molecule has 6 rings (SSSR count). The summed E-state index contributed by atoms with van der Waals surface area (Å²) in [6, 6.07) is 18.2. The van der Waals surface area contributed by atoms with Crippen LogP contribution in [0.5, 0.6) is 5.75 Å². The van der Waals surface area contributed by atoms with Crippen molar-refractivity contribution in [1.29, 1.82) is 0 Å². The Kier molecular flexibility index (Phi) is 5.24. The lowest BCUT2D eigenvalue weighted by atomic mass is 9.95. The van der Waals surface area contributed by atoms with Crippen LogP contribution >= 0.6 is 15.9 Å². The largest absolute Gasteiger partial charge is 0.489 e. The fourth-order valence-corrected chi connectivity index (χ4v) is 5.86. The summed E-state index contributed by atoms with van der Waals surface area (Å²) in [6.45, 7) is 6.96. The van der Waals surface area contributed by atoms with Gasteiger partial charge >= 0.3 is 0 Å². The first-order valence-corrected chi connectivity index (χ1v) is 12.2. The van der Waals surface area contributed by atoms with E-state index in [0.717, 1.165) is 81.6 Å². The van der Waals surface area contributed by atoms with Gasteiger partial charge in [-0.2, -0.15) is 0 Å². The van der Waals surface area contributed by atoms with Crippen LogP contribution in [0.4, 0.5) is 0 Å². The lowest BCUT2D eigenvalue weighted by Gasteiger charge is -2.34. The zero-order valence-electron chi connectivity index (χ0n) is 18.5. The molecule has 0 radical (unpaired) electrons. The van der Waals surface area contributed by atoms with Crippen molar-refractivity contribution >= 4 is 43.4 Å². The van der Waals surface area contributed by atoms with Crippen molar-refractivity contribution in [2.24, 2.45) is 0 Å². The molecule has 168 valence electrons. The molecule has 1 saturated heterocycles. The molecule has 3 aromatic carbocycles. The Morgan fingerprint density at radius 2 is 1.76 bits per heavy atom. The number of halogens is 1. The minimum atomic E-state index is 0.0594. The van der Waals surface area contributed by atoms with Crippen molar-refractivity contribution in [2.75, 3.05) is 39.5 Å². The molecule has 0 saturated carbocycles. The lowest BCUT2D eigenvalue weighted by Crippen LogP contribution is -2.42. The van der Waals surface area contributed by atoms with Crippen LogP contribution in [0, 0.1) is 6.92 Å². The van der Waals surface area contributed by atoms with E-state index in [2.05, 4.69) is 38.4 Å². The number of hydrogen-bond acceptors (Lipinski definition) is 4. The second-order valence-corrected chi connectivity index (χ2v) is 9.68. The van der Waals surface area contributed by atoms with Crippen LogP contribution in [0.25, 0.3) is 21.7 Å². The number of ether oxygens (including phenoxy) is 2. The van der Waals surface area contributed by atoms with Crippen LogP contribution < -0.4 is 4.74 Å². The summed E-state index contributed by atoms with van der Waals surface area (Å²) in [5, 5.41) is 2.97. The second kappa shape index (κ2) is 8.28. The van der Waals surface area contributed by atoms with Crippen molar-refractivity contribution in [1.82, 2.24) is 9.47 Å². The summed E-state index contributed by atoms with van der Waals surface area (Å²) in [6.07, 6.45) is 0. The number of ketones is 1. The van der Waals surface area contributed by atoms with Gasteiger partial charge in [0.1, 0.15) is 12.4 Å². The number of morpholine rings is 1. The maximum Gasteiger partial charge on any atom is 0.196 e. The molecular formula is C27H25BrN2O3. The predicted molar refractivity (Wildman–Crippen MR) is 134 cm³/mol. The zero-order chi connectivity index (χ0) is 22.5. The highest BCUT2D eigenvalue weighted by molar-refractivity contribution is 9.10. The maximum absolute atomic E-state index is 14.1. The predicted octanol–water partition coefficient (Wildman–Crippen LogP) is 5.36. The second-order valence-electron chi connectivity index (χ2n) is 8.83. The van der Waals surface area contributed by atoms with Gasteiger partial charge in [-0.25, -0.2) is 0 Å². The average Bonchev–Trinajstić information content (AvgIpc) is 3.15. The van der Waals surface area contributed by atoms with Crippen LogP contribution in [0.15, 0.2) is 59.1 Å². The first-order chi connectivity index (χ1) is 16.1. The number of aromatic nitrogens is 1. The molecule has 1 atom stereocenters. The van der Waals surface area contributed by atoms with Gasteiger partial charge in [0, 0.05) is 40.8 Å². The molecular weight excluding hydrogens is 480 g/mol. The normalized spacial score (nSPS) is 18.5. The van der Waals surface area contributed by atoms with Crippen molar-refractivity contribution < 1.29 is 14.3 Å². The minimum absolute atomic E-state index is 0.0594. The van der Waals surface area contributed by atoms with E-state index in [4.69, 9.17) is 9.47 Å². The molecule has 4 aromatic rings. The molecule has 1 fully saturated rings. The summed E-state index contributed by atoms with van der Waals surface area (Å²) in [5.74, 6) is 0.915. The van der Waals surface area contributed by atoms with Gasteiger partial charge in [-0.1, -0.05) is 52.3 Å². The molecule has 6 heteroatoms.